The van der Waals surface area contributed by atoms with Crippen LogP contribution in [0.2, 0.25) is 0 Å². The van der Waals surface area contributed by atoms with Gasteiger partial charge in [0, 0.05) is 33.2 Å². The molecule has 0 aliphatic rings. The average Bonchev–Trinajstić information content (AvgIpc) is 4.14. The van der Waals surface area contributed by atoms with Gasteiger partial charge in [0.2, 0.25) is 0 Å². The minimum absolute atomic E-state index is 0.657. The Hall–Kier alpha value is -11.3. The zero-order valence-electron chi connectivity index (χ0n) is 46.6. The van der Waals surface area contributed by atoms with Gasteiger partial charge < -0.3 is 4.57 Å². The molecular formula is C82H55N3. The predicted molar refractivity (Wildman–Crippen MR) is 356 cm³/mol. The van der Waals surface area contributed by atoms with Gasteiger partial charge in [-0.3, -0.25) is 0 Å². The molecule has 2 heterocycles. The summed E-state index contributed by atoms with van der Waals surface area (Å²) in [5.74, 6) is 0.657. The van der Waals surface area contributed by atoms with E-state index in [0.29, 0.717) is 5.82 Å². The molecule has 0 atom stereocenters. The quantitative estimate of drug-likeness (QED) is 0.122. The third kappa shape index (κ3) is 10.2. The van der Waals surface area contributed by atoms with E-state index in [-0.39, 0.29) is 0 Å². The Morgan fingerprint density at radius 3 is 0.824 bits per heavy atom. The van der Waals surface area contributed by atoms with Crippen LogP contribution >= 0.6 is 0 Å². The number of nitrogens with zero attached hydrogens (tertiary/aromatic N) is 3. The number of hydrogen-bond donors (Lipinski definition) is 0. The molecule has 0 amide bonds. The van der Waals surface area contributed by atoms with Crippen molar-refractivity contribution in [2.24, 2.45) is 0 Å². The molecule has 0 fully saturated rings. The summed E-state index contributed by atoms with van der Waals surface area (Å²) in [5, 5.41) is 2.49. The van der Waals surface area contributed by atoms with E-state index in [2.05, 4.69) is 338 Å². The Balaban J connectivity index is 0.770. The highest BCUT2D eigenvalue weighted by atomic mass is 15.0. The SMILES string of the molecule is c1ccc(-c2cccc(-c3cccc(-c4ccc(-c5cccc(-c6cccc(-c7nc(-c8cccc(-c9cccc(-c%10ccccc%10)c9)c8)cc(-c8cccc(-c9cccc(-n%10c%11ccccc%11c%11ccccc%11%10)c9)c8)n7)c6)c5)cc4)c3)c2)cc1. The third-order valence-corrected chi connectivity index (χ3v) is 16.4. The molecule has 15 aromatic rings. The summed E-state index contributed by atoms with van der Waals surface area (Å²) in [6.45, 7) is 0. The van der Waals surface area contributed by atoms with Crippen LogP contribution in [-0.4, -0.2) is 14.5 Å². The largest absolute Gasteiger partial charge is 0.309 e. The molecule has 0 saturated carbocycles. The summed E-state index contributed by atoms with van der Waals surface area (Å²) in [5.41, 5.74) is 26.7. The van der Waals surface area contributed by atoms with Crippen LogP contribution in [0.5, 0.6) is 0 Å². The normalized spacial score (nSPS) is 11.3. The maximum absolute atomic E-state index is 5.44. The van der Waals surface area contributed by atoms with E-state index >= 15 is 0 Å². The molecule has 3 nitrogen and oxygen atoms in total. The van der Waals surface area contributed by atoms with Crippen molar-refractivity contribution in [3.8, 4) is 129 Å². The molecule has 0 N–H and O–H groups in total. The molecule has 0 radical (unpaired) electrons. The average molecular weight is 1080 g/mol. The van der Waals surface area contributed by atoms with E-state index in [0.717, 1.165) is 78.3 Å². The van der Waals surface area contributed by atoms with Crippen LogP contribution in [-0.2, 0) is 0 Å². The first kappa shape index (κ1) is 50.7. The van der Waals surface area contributed by atoms with Gasteiger partial charge in [-0.1, -0.05) is 261 Å². The number of hydrogen-bond acceptors (Lipinski definition) is 2. The summed E-state index contributed by atoms with van der Waals surface area (Å²) in [6, 6.07) is 120. The maximum Gasteiger partial charge on any atom is 0.160 e. The number of rotatable bonds is 12. The van der Waals surface area contributed by atoms with Gasteiger partial charge in [-0.25, -0.2) is 9.97 Å². The maximum atomic E-state index is 5.44. The zero-order valence-corrected chi connectivity index (χ0v) is 46.6. The van der Waals surface area contributed by atoms with Gasteiger partial charge >= 0.3 is 0 Å². The number of para-hydroxylation sites is 2. The molecule has 0 saturated heterocycles. The van der Waals surface area contributed by atoms with E-state index in [1.807, 2.05) is 0 Å². The van der Waals surface area contributed by atoms with Gasteiger partial charge in [-0.05, 0) is 162 Å². The molecule has 15 rings (SSSR count). The Morgan fingerprint density at radius 1 is 0.176 bits per heavy atom. The van der Waals surface area contributed by atoms with Crippen molar-refractivity contribution in [3.05, 3.63) is 334 Å². The number of fused-ring (bicyclic) bond motifs is 3. The highest BCUT2D eigenvalue weighted by Crippen LogP contribution is 2.38. The second-order valence-corrected chi connectivity index (χ2v) is 21.8. The Morgan fingerprint density at radius 2 is 0.435 bits per heavy atom. The summed E-state index contributed by atoms with van der Waals surface area (Å²) in [4.78, 5) is 10.9. The van der Waals surface area contributed by atoms with Gasteiger partial charge in [0.1, 0.15) is 0 Å². The topological polar surface area (TPSA) is 30.7 Å². The first-order chi connectivity index (χ1) is 42.1. The molecule has 13 aromatic carbocycles. The van der Waals surface area contributed by atoms with Crippen LogP contribution in [0.25, 0.3) is 150 Å². The van der Waals surface area contributed by atoms with E-state index < -0.39 is 0 Å². The first-order valence-corrected chi connectivity index (χ1v) is 29.0. The highest BCUT2D eigenvalue weighted by Gasteiger charge is 2.17. The van der Waals surface area contributed by atoms with E-state index in [1.54, 1.807) is 0 Å². The van der Waals surface area contributed by atoms with Gasteiger partial charge in [-0.2, -0.15) is 0 Å². The highest BCUT2D eigenvalue weighted by molar-refractivity contribution is 6.09. The monoisotopic (exact) mass is 1080 g/mol. The minimum atomic E-state index is 0.657. The van der Waals surface area contributed by atoms with Crippen molar-refractivity contribution in [1.82, 2.24) is 14.5 Å². The van der Waals surface area contributed by atoms with E-state index in [4.69, 9.17) is 9.97 Å². The molecule has 0 aliphatic carbocycles. The number of benzene rings is 13. The van der Waals surface area contributed by atoms with Gasteiger partial charge in [0.05, 0.1) is 22.4 Å². The zero-order chi connectivity index (χ0) is 56.5. The Bertz CT molecular complexity index is 4890. The van der Waals surface area contributed by atoms with Crippen molar-refractivity contribution < 1.29 is 0 Å². The Kier molecular flexibility index (Phi) is 13.3. The standard InChI is InChI=1S/C82H55N3/c1-3-19-56(20-4-1)60-23-11-27-64(47-60)65-28-13-25-62(49-65)58-43-45-59(46-44-58)63-26-14-30-67(50-63)70-33-17-37-74(53-70)82-83-78(72-35-15-31-68(51-72)66-29-12-24-61(48-66)57-21-5-2-6-22-57)55-79(84-82)73-36-16-32-69(52-73)71-34-18-38-75(54-71)85-80-41-9-7-39-76(80)77-40-8-10-42-81(77)85/h1-55H. The summed E-state index contributed by atoms with van der Waals surface area (Å²) in [6.07, 6.45) is 0. The molecule has 85 heavy (non-hydrogen) atoms. The van der Waals surface area contributed by atoms with Crippen molar-refractivity contribution in [2.45, 2.75) is 0 Å². The van der Waals surface area contributed by atoms with Gasteiger partial charge in [-0.15, -0.1) is 0 Å². The second kappa shape index (κ2) is 22.2. The minimum Gasteiger partial charge on any atom is -0.309 e. The van der Waals surface area contributed by atoms with E-state index in [9.17, 15) is 0 Å². The van der Waals surface area contributed by atoms with Gasteiger partial charge in [0.15, 0.2) is 5.82 Å². The van der Waals surface area contributed by atoms with Crippen LogP contribution in [0, 0.1) is 0 Å². The van der Waals surface area contributed by atoms with Crippen LogP contribution in [0.4, 0.5) is 0 Å². The molecule has 3 heteroatoms. The number of aromatic nitrogens is 3. The fourth-order valence-electron chi connectivity index (χ4n) is 12.1. The molecule has 0 unspecified atom stereocenters. The molecule has 0 aliphatic heterocycles. The lowest BCUT2D eigenvalue weighted by molar-refractivity contribution is 1.18. The van der Waals surface area contributed by atoms with Gasteiger partial charge in [0.25, 0.3) is 0 Å². The van der Waals surface area contributed by atoms with Crippen molar-refractivity contribution in [2.75, 3.05) is 0 Å². The molecule has 0 spiro atoms. The summed E-state index contributed by atoms with van der Waals surface area (Å²) in [7, 11) is 0. The second-order valence-electron chi connectivity index (χ2n) is 21.8. The van der Waals surface area contributed by atoms with Crippen molar-refractivity contribution in [3.63, 3.8) is 0 Å². The van der Waals surface area contributed by atoms with Crippen LogP contribution in [0.1, 0.15) is 0 Å². The van der Waals surface area contributed by atoms with Crippen LogP contribution < -0.4 is 0 Å². The lowest BCUT2D eigenvalue weighted by atomic mass is 9.94. The molecule has 2 aromatic heterocycles. The van der Waals surface area contributed by atoms with Crippen LogP contribution in [0.3, 0.4) is 0 Å². The molecule has 0 bridgehead atoms. The van der Waals surface area contributed by atoms with E-state index in [1.165, 1.54) is 66.3 Å². The lowest BCUT2D eigenvalue weighted by Crippen LogP contribution is -1.97. The molecule has 398 valence electrons. The lowest BCUT2D eigenvalue weighted by Gasteiger charge is -2.13. The van der Waals surface area contributed by atoms with Crippen LogP contribution in [0.15, 0.2) is 334 Å². The first-order valence-electron chi connectivity index (χ1n) is 29.0. The molecular weight excluding hydrogens is 1030 g/mol. The van der Waals surface area contributed by atoms with Crippen molar-refractivity contribution >= 4 is 21.8 Å². The fraction of sp³-hybridized carbons (Fsp3) is 0. The summed E-state index contributed by atoms with van der Waals surface area (Å²) < 4.78 is 2.38. The smallest absolute Gasteiger partial charge is 0.160 e. The van der Waals surface area contributed by atoms with Crippen molar-refractivity contribution in [1.29, 1.82) is 0 Å². The summed E-state index contributed by atoms with van der Waals surface area (Å²) >= 11 is 0. The predicted octanol–water partition coefficient (Wildman–Crippen LogP) is 21.9. The fourth-order valence-corrected chi connectivity index (χ4v) is 12.1. The third-order valence-electron chi connectivity index (χ3n) is 16.4. The Labute approximate surface area is 495 Å².